The highest BCUT2D eigenvalue weighted by Crippen LogP contribution is 2.31. The summed E-state index contributed by atoms with van der Waals surface area (Å²) in [5.74, 6) is -0.208. The zero-order valence-electron chi connectivity index (χ0n) is 22.5. The topological polar surface area (TPSA) is 96.0 Å². The van der Waals surface area contributed by atoms with Crippen molar-refractivity contribution in [3.63, 3.8) is 0 Å². The minimum absolute atomic E-state index is 0.0176. The Morgan fingerprint density at radius 1 is 0.949 bits per heavy atom. The molecule has 1 atom stereocenters. The number of hydrogen-bond donors (Lipinski definition) is 1. The fourth-order valence-electron chi connectivity index (χ4n) is 4.11. The first-order valence-corrected chi connectivity index (χ1v) is 14.4. The first-order chi connectivity index (χ1) is 18.6. The van der Waals surface area contributed by atoms with Gasteiger partial charge in [-0.2, -0.15) is 0 Å². The Balaban J connectivity index is 2.05. The lowest BCUT2D eigenvalue weighted by molar-refractivity contribution is -0.140. The molecule has 10 heteroatoms. The van der Waals surface area contributed by atoms with E-state index in [1.807, 2.05) is 20.8 Å². The van der Waals surface area contributed by atoms with Crippen molar-refractivity contribution in [3.05, 3.63) is 89.4 Å². The van der Waals surface area contributed by atoms with E-state index >= 15 is 0 Å². The lowest BCUT2D eigenvalue weighted by Crippen LogP contribution is -2.53. The number of ether oxygens (including phenoxy) is 1. The van der Waals surface area contributed by atoms with Crippen molar-refractivity contribution in [2.45, 2.75) is 50.7 Å². The quantitative estimate of drug-likeness (QED) is 0.334. The van der Waals surface area contributed by atoms with Crippen LogP contribution in [0.25, 0.3) is 0 Å². The third-order valence-electron chi connectivity index (χ3n) is 6.06. The maximum Gasteiger partial charge on any atom is 0.264 e. The van der Waals surface area contributed by atoms with Crippen molar-refractivity contribution < 1.29 is 22.7 Å². The van der Waals surface area contributed by atoms with Gasteiger partial charge in [-0.05, 0) is 62.2 Å². The van der Waals surface area contributed by atoms with E-state index in [1.165, 1.54) is 17.0 Å². The number of amides is 2. The standard InChI is InChI=1S/C29H34ClN3O5S/c1-5-26(29(35)31-21(2)3)32(19-22-15-17-23(38-4)18-16-22)28(34)20-33(27-14-10-9-13-25(27)30)39(36,37)24-11-7-6-8-12-24/h6-18,21,26H,5,19-20H2,1-4H3,(H,31,35)/t26-/m0/s1. The van der Waals surface area contributed by atoms with Crippen molar-refractivity contribution in [3.8, 4) is 5.75 Å². The van der Waals surface area contributed by atoms with Crippen molar-refractivity contribution in [2.75, 3.05) is 18.0 Å². The largest absolute Gasteiger partial charge is 0.497 e. The molecular formula is C29H34ClN3O5S. The summed E-state index contributed by atoms with van der Waals surface area (Å²) >= 11 is 6.42. The van der Waals surface area contributed by atoms with Crippen LogP contribution in [0.15, 0.2) is 83.8 Å². The number of sulfonamides is 1. The molecule has 8 nitrogen and oxygen atoms in total. The average molecular weight is 572 g/mol. The van der Waals surface area contributed by atoms with Gasteiger partial charge in [0.1, 0.15) is 18.3 Å². The van der Waals surface area contributed by atoms with Gasteiger partial charge in [0.2, 0.25) is 11.8 Å². The molecule has 2 amide bonds. The predicted octanol–water partition coefficient (Wildman–Crippen LogP) is 4.88. The second-order valence-electron chi connectivity index (χ2n) is 9.23. The lowest BCUT2D eigenvalue weighted by Gasteiger charge is -2.33. The number of anilines is 1. The summed E-state index contributed by atoms with van der Waals surface area (Å²) in [4.78, 5) is 28.6. The van der Waals surface area contributed by atoms with Gasteiger partial charge in [0, 0.05) is 12.6 Å². The number of halogens is 1. The molecule has 0 spiro atoms. The number of carbonyl (C=O) groups excluding carboxylic acids is 2. The fourth-order valence-corrected chi connectivity index (χ4v) is 5.86. The van der Waals surface area contributed by atoms with Crippen LogP contribution in [-0.4, -0.2) is 50.9 Å². The second-order valence-corrected chi connectivity index (χ2v) is 11.5. The molecular weight excluding hydrogens is 538 g/mol. The monoisotopic (exact) mass is 571 g/mol. The number of nitrogens with zero attached hydrogens (tertiary/aromatic N) is 2. The minimum Gasteiger partial charge on any atom is -0.497 e. The highest BCUT2D eigenvalue weighted by atomic mass is 35.5. The zero-order chi connectivity index (χ0) is 28.6. The van der Waals surface area contributed by atoms with E-state index in [2.05, 4.69) is 5.32 Å². The Morgan fingerprint density at radius 3 is 2.13 bits per heavy atom. The van der Waals surface area contributed by atoms with Gasteiger partial charge in [-0.25, -0.2) is 8.42 Å². The van der Waals surface area contributed by atoms with Crippen LogP contribution < -0.4 is 14.4 Å². The first kappa shape index (κ1) is 30.0. The van der Waals surface area contributed by atoms with Crippen LogP contribution in [0.5, 0.6) is 5.75 Å². The molecule has 0 radical (unpaired) electrons. The summed E-state index contributed by atoms with van der Waals surface area (Å²) in [7, 11) is -2.61. The maximum absolute atomic E-state index is 14.0. The summed E-state index contributed by atoms with van der Waals surface area (Å²) < 4.78 is 33.8. The molecule has 208 valence electrons. The average Bonchev–Trinajstić information content (AvgIpc) is 2.92. The van der Waals surface area contributed by atoms with Crippen molar-refractivity contribution in [1.82, 2.24) is 10.2 Å². The Morgan fingerprint density at radius 2 is 1.56 bits per heavy atom. The van der Waals surface area contributed by atoms with Gasteiger partial charge in [0.05, 0.1) is 22.7 Å². The van der Waals surface area contributed by atoms with E-state index in [4.69, 9.17) is 16.3 Å². The Bertz CT molecular complexity index is 1370. The number of rotatable bonds is 12. The minimum atomic E-state index is -4.17. The molecule has 3 aromatic rings. The number of benzene rings is 3. The van der Waals surface area contributed by atoms with Gasteiger partial charge in [-0.1, -0.05) is 61.0 Å². The van der Waals surface area contributed by atoms with Gasteiger partial charge < -0.3 is 15.0 Å². The summed E-state index contributed by atoms with van der Waals surface area (Å²) in [6, 6.07) is 20.5. The molecule has 1 N–H and O–H groups in total. The van der Waals surface area contributed by atoms with Crippen LogP contribution in [0.4, 0.5) is 5.69 Å². The first-order valence-electron chi connectivity index (χ1n) is 12.6. The normalized spacial score (nSPS) is 12.1. The van der Waals surface area contributed by atoms with Crippen LogP contribution in [-0.2, 0) is 26.2 Å². The molecule has 0 aliphatic carbocycles. The molecule has 0 aliphatic heterocycles. The predicted molar refractivity (Wildman–Crippen MR) is 153 cm³/mol. The van der Waals surface area contributed by atoms with E-state index in [0.717, 1.165) is 9.87 Å². The zero-order valence-corrected chi connectivity index (χ0v) is 24.1. The van der Waals surface area contributed by atoms with Crippen molar-refractivity contribution >= 4 is 39.1 Å². The molecule has 0 bridgehead atoms. The highest BCUT2D eigenvalue weighted by Gasteiger charge is 2.34. The summed E-state index contributed by atoms with van der Waals surface area (Å²) in [5, 5.41) is 3.05. The summed E-state index contributed by atoms with van der Waals surface area (Å²) in [5.41, 5.74) is 0.926. The van der Waals surface area contributed by atoms with Gasteiger partial charge >= 0.3 is 0 Å². The number of para-hydroxylation sites is 1. The third-order valence-corrected chi connectivity index (χ3v) is 8.15. The molecule has 0 fully saturated rings. The number of methoxy groups -OCH3 is 1. The van der Waals surface area contributed by atoms with Crippen LogP contribution in [0.1, 0.15) is 32.8 Å². The van der Waals surface area contributed by atoms with Crippen LogP contribution >= 0.6 is 11.6 Å². The molecule has 0 aromatic heterocycles. The fraction of sp³-hybridized carbons (Fsp3) is 0.310. The second kappa shape index (κ2) is 13.5. The van der Waals surface area contributed by atoms with E-state index in [9.17, 15) is 18.0 Å². The molecule has 0 heterocycles. The third kappa shape index (κ3) is 7.52. The van der Waals surface area contributed by atoms with E-state index in [0.29, 0.717) is 12.2 Å². The Kier molecular flexibility index (Phi) is 10.4. The maximum atomic E-state index is 14.0. The smallest absolute Gasteiger partial charge is 0.264 e. The molecule has 39 heavy (non-hydrogen) atoms. The van der Waals surface area contributed by atoms with E-state index < -0.39 is 28.5 Å². The van der Waals surface area contributed by atoms with Crippen LogP contribution in [0.2, 0.25) is 5.02 Å². The van der Waals surface area contributed by atoms with Crippen LogP contribution in [0.3, 0.4) is 0 Å². The highest BCUT2D eigenvalue weighted by molar-refractivity contribution is 7.92. The Hall–Kier alpha value is -3.56. The molecule has 0 saturated carbocycles. The van der Waals surface area contributed by atoms with Crippen LogP contribution in [0, 0.1) is 0 Å². The van der Waals surface area contributed by atoms with Gasteiger partial charge in [0.25, 0.3) is 10.0 Å². The van der Waals surface area contributed by atoms with Gasteiger partial charge in [-0.15, -0.1) is 0 Å². The molecule has 0 aliphatic rings. The molecule has 0 saturated heterocycles. The SMILES string of the molecule is CC[C@@H](C(=O)NC(C)C)N(Cc1ccc(OC)cc1)C(=O)CN(c1ccccc1Cl)S(=O)(=O)c1ccccc1. The van der Waals surface area contributed by atoms with Crippen molar-refractivity contribution in [2.24, 2.45) is 0 Å². The number of carbonyl (C=O) groups is 2. The van der Waals surface area contributed by atoms with E-state index in [-0.39, 0.29) is 34.1 Å². The van der Waals surface area contributed by atoms with Gasteiger partial charge in [-0.3, -0.25) is 13.9 Å². The molecule has 0 unspecified atom stereocenters. The summed E-state index contributed by atoms with van der Waals surface area (Å²) in [6.07, 6.45) is 0.331. The number of nitrogens with one attached hydrogen (secondary N) is 1. The summed E-state index contributed by atoms with van der Waals surface area (Å²) in [6.45, 7) is 5.03. The number of hydrogen-bond acceptors (Lipinski definition) is 5. The van der Waals surface area contributed by atoms with E-state index in [1.54, 1.807) is 73.8 Å². The van der Waals surface area contributed by atoms with Gasteiger partial charge in [0.15, 0.2) is 0 Å². The van der Waals surface area contributed by atoms with Crippen molar-refractivity contribution in [1.29, 1.82) is 0 Å². The molecule has 3 aromatic carbocycles. The molecule has 3 rings (SSSR count). The lowest BCUT2D eigenvalue weighted by atomic mass is 10.1. The Labute approximate surface area is 235 Å².